The third-order valence-corrected chi connectivity index (χ3v) is 3.06. The minimum Gasteiger partial charge on any atom is -0.359 e. The standard InChI is InChI=1S/C11H15FN4O/c1-13-11(17)8-2-4-16(5-3-8)10-6-9(12)14-7-15-10/h6-8H,2-5H2,1H3,(H,13,17). The summed E-state index contributed by atoms with van der Waals surface area (Å²) >= 11 is 0. The summed E-state index contributed by atoms with van der Waals surface area (Å²) in [5.41, 5.74) is 0. The Hall–Kier alpha value is -1.72. The van der Waals surface area contributed by atoms with Crippen LogP contribution in [0.3, 0.4) is 0 Å². The number of aromatic nitrogens is 2. The first-order chi connectivity index (χ1) is 8.20. The molecular formula is C11H15FN4O. The molecule has 1 N–H and O–H groups in total. The molecular weight excluding hydrogens is 223 g/mol. The van der Waals surface area contributed by atoms with Crippen LogP contribution in [0.15, 0.2) is 12.4 Å². The van der Waals surface area contributed by atoms with E-state index in [2.05, 4.69) is 15.3 Å². The van der Waals surface area contributed by atoms with E-state index in [0.29, 0.717) is 18.9 Å². The van der Waals surface area contributed by atoms with Gasteiger partial charge in [0.1, 0.15) is 12.1 Å². The van der Waals surface area contributed by atoms with Crippen LogP contribution >= 0.6 is 0 Å². The van der Waals surface area contributed by atoms with Crippen molar-refractivity contribution in [2.45, 2.75) is 12.8 Å². The SMILES string of the molecule is CNC(=O)C1CCN(c2cc(F)ncn2)CC1. The van der Waals surface area contributed by atoms with Crippen molar-refractivity contribution >= 4 is 11.7 Å². The first kappa shape index (κ1) is 11.8. The smallest absolute Gasteiger partial charge is 0.222 e. The van der Waals surface area contributed by atoms with Crippen molar-refractivity contribution in [1.82, 2.24) is 15.3 Å². The summed E-state index contributed by atoms with van der Waals surface area (Å²) in [6.45, 7) is 1.43. The molecule has 17 heavy (non-hydrogen) atoms. The van der Waals surface area contributed by atoms with Crippen LogP contribution in [0, 0.1) is 11.9 Å². The summed E-state index contributed by atoms with van der Waals surface area (Å²) in [6, 6.07) is 1.32. The van der Waals surface area contributed by atoms with E-state index in [4.69, 9.17) is 0 Å². The van der Waals surface area contributed by atoms with Gasteiger partial charge in [0.15, 0.2) is 0 Å². The van der Waals surface area contributed by atoms with Crippen LogP contribution in [-0.4, -0.2) is 36.0 Å². The number of hydrogen-bond acceptors (Lipinski definition) is 4. The fraction of sp³-hybridized carbons (Fsp3) is 0.545. The van der Waals surface area contributed by atoms with Gasteiger partial charge in [0.25, 0.3) is 0 Å². The average Bonchev–Trinajstić information content (AvgIpc) is 2.38. The van der Waals surface area contributed by atoms with Gasteiger partial charge in [-0.1, -0.05) is 0 Å². The van der Waals surface area contributed by atoms with Crippen molar-refractivity contribution in [2.24, 2.45) is 5.92 Å². The van der Waals surface area contributed by atoms with Gasteiger partial charge < -0.3 is 10.2 Å². The summed E-state index contributed by atoms with van der Waals surface area (Å²) in [6.07, 6.45) is 2.76. The zero-order valence-electron chi connectivity index (χ0n) is 9.69. The number of hydrogen-bond donors (Lipinski definition) is 1. The van der Waals surface area contributed by atoms with Crippen LogP contribution in [0.25, 0.3) is 0 Å². The third-order valence-electron chi connectivity index (χ3n) is 3.06. The van der Waals surface area contributed by atoms with Gasteiger partial charge in [-0.3, -0.25) is 4.79 Å². The van der Waals surface area contributed by atoms with Gasteiger partial charge >= 0.3 is 0 Å². The molecule has 1 aromatic heterocycles. The monoisotopic (exact) mass is 238 g/mol. The Morgan fingerprint density at radius 3 is 2.76 bits per heavy atom. The molecule has 1 aliphatic rings. The van der Waals surface area contributed by atoms with Crippen molar-refractivity contribution in [1.29, 1.82) is 0 Å². The third kappa shape index (κ3) is 2.69. The van der Waals surface area contributed by atoms with E-state index >= 15 is 0 Å². The molecule has 0 saturated carbocycles. The molecule has 1 fully saturated rings. The van der Waals surface area contributed by atoms with Crippen LogP contribution in [0.1, 0.15) is 12.8 Å². The summed E-state index contributed by atoms with van der Waals surface area (Å²) < 4.78 is 12.9. The highest BCUT2D eigenvalue weighted by Gasteiger charge is 2.24. The number of nitrogens with zero attached hydrogens (tertiary/aromatic N) is 3. The molecule has 1 aliphatic heterocycles. The number of carbonyl (C=O) groups is 1. The van der Waals surface area contributed by atoms with Gasteiger partial charge in [-0.05, 0) is 12.8 Å². The molecule has 5 nitrogen and oxygen atoms in total. The van der Waals surface area contributed by atoms with Crippen LogP contribution in [-0.2, 0) is 4.79 Å². The number of amides is 1. The summed E-state index contributed by atoms with van der Waals surface area (Å²) in [5, 5.41) is 2.66. The van der Waals surface area contributed by atoms with Gasteiger partial charge in [-0.15, -0.1) is 0 Å². The van der Waals surface area contributed by atoms with Crippen LogP contribution in [0.2, 0.25) is 0 Å². The number of nitrogens with one attached hydrogen (secondary N) is 1. The Kier molecular flexibility index (Phi) is 3.51. The zero-order valence-corrected chi connectivity index (χ0v) is 9.69. The summed E-state index contributed by atoms with van der Waals surface area (Å²) in [5.74, 6) is 0.206. The predicted octanol–water partition coefficient (Wildman–Crippen LogP) is 0.578. The van der Waals surface area contributed by atoms with E-state index in [-0.39, 0.29) is 11.8 Å². The molecule has 2 heterocycles. The second-order valence-electron chi connectivity index (χ2n) is 4.07. The van der Waals surface area contributed by atoms with Gasteiger partial charge in [0.05, 0.1) is 0 Å². The minimum absolute atomic E-state index is 0.0583. The number of piperidine rings is 1. The number of halogens is 1. The van der Waals surface area contributed by atoms with E-state index in [1.165, 1.54) is 12.4 Å². The van der Waals surface area contributed by atoms with Crippen LogP contribution in [0.4, 0.5) is 10.2 Å². The van der Waals surface area contributed by atoms with E-state index in [1.54, 1.807) is 7.05 Å². The lowest BCUT2D eigenvalue weighted by atomic mass is 9.96. The largest absolute Gasteiger partial charge is 0.359 e. The maximum Gasteiger partial charge on any atom is 0.222 e. The Morgan fingerprint density at radius 1 is 1.47 bits per heavy atom. The van der Waals surface area contributed by atoms with Gasteiger partial charge in [-0.25, -0.2) is 9.97 Å². The highest BCUT2D eigenvalue weighted by Crippen LogP contribution is 2.21. The second kappa shape index (κ2) is 5.07. The molecule has 0 aliphatic carbocycles. The lowest BCUT2D eigenvalue weighted by molar-refractivity contribution is -0.125. The average molecular weight is 238 g/mol. The molecule has 0 aromatic carbocycles. The van der Waals surface area contributed by atoms with Crippen LogP contribution < -0.4 is 10.2 Å². The number of anilines is 1. The highest BCUT2D eigenvalue weighted by atomic mass is 19.1. The van der Waals surface area contributed by atoms with E-state index in [1.807, 2.05) is 4.90 Å². The second-order valence-corrected chi connectivity index (χ2v) is 4.07. The normalized spacial score (nSPS) is 16.9. The molecule has 6 heteroatoms. The number of carbonyl (C=O) groups excluding carboxylic acids is 1. The fourth-order valence-corrected chi connectivity index (χ4v) is 2.07. The molecule has 1 saturated heterocycles. The number of rotatable bonds is 2. The molecule has 0 atom stereocenters. The lowest BCUT2D eigenvalue weighted by Gasteiger charge is -2.31. The Bertz CT molecular complexity index is 404. The summed E-state index contributed by atoms with van der Waals surface area (Å²) in [7, 11) is 1.65. The van der Waals surface area contributed by atoms with Gasteiger partial charge in [0, 0.05) is 32.1 Å². The predicted molar refractivity (Wildman–Crippen MR) is 61.0 cm³/mol. The zero-order chi connectivity index (χ0) is 12.3. The molecule has 0 radical (unpaired) electrons. The Balaban J connectivity index is 1.97. The molecule has 0 unspecified atom stereocenters. The van der Waals surface area contributed by atoms with Crippen molar-refractivity contribution < 1.29 is 9.18 Å². The maximum absolute atomic E-state index is 12.9. The van der Waals surface area contributed by atoms with Crippen molar-refractivity contribution in [3.05, 3.63) is 18.3 Å². The van der Waals surface area contributed by atoms with E-state index < -0.39 is 5.95 Å². The van der Waals surface area contributed by atoms with Crippen LogP contribution in [0.5, 0.6) is 0 Å². The molecule has 1 aromatic rings. The molecule has 0 spiro atoms. The molecule has 2 rings (SSSR count). The topological polar surface area (TPSA) is 58.1 Å². The first-order valence-electron chi connectivity index (χ1n) is 5.65. The highest BCUT2D eigenvalue weighted by molar-refractivity contribution is 5.78. The van der Waals surface area contributed by atoms with Crippen molar-refractivity contribution in [3.63, 3.8) is 0 Å². The quantitative estimate of drug-likeness (QED) is 0.766. The van der Waals surface area contributed by atoms with Gasteiger partial charge in [0.2, 0.25) is 11.9 Å². The Labute approximate surface area is 99.1 Å². The first-order valence-corrected chi connectivity index (χ1v) is 5.65. The van der Waals surface area contributed by atoms with Gasteiger partial charge in [-0.2, -0.15) is 4.39 Å². The lowest BCUT2D eigenvalue weighted by Crippen LogP contribution is -2.39. The minimum atomic E-state index is -0.525. The van der Waals surface area contributed by atoms with E-state index in [0.717, 1.165) is 12.8 Å². The molecule has 92 valence electrons. The van der Waals surface area contributed by atoms with E-state index in [9.17, 15) is 9.18 Å². The molecule has 1 amide bonds. The van der Waals surface area contributed by atoms with Crippen molar-refractivity contribution in [3.8, 4) is 0 Å². The summed E-state index contributed by atoms with van der Waals surface area (Å²) in [4.78, 5) is 20.9. The van der Waals surface area contributed by atoms with Crippen molar-refractivity contribution in [2.75, 3.05) is 25.0 Å². The Morgan fingerprint density at radius 2 is 2.18 bits per heavy atom. The molecule has 0 bridgehead atoms. The maximum atomic E-state index is 12.9. The fourth-order valence-electron chi connectivity index (χ4n) is 2.07.